The van der Waals surface area contributed by atoms with Crippen molar-refractivity contribution in [2.24, 2.45) is 0 Å². The molecule has 9 nitrogen and oxygen atoms in total. The highest BCUT2D eigenvalue weighted by Gasteiger charge is 2.33. The van der Waals surface area contributed by atoms with Gasteiger partial charge in [-0.2, -0.15) is 0 Å². The number of pyridine rings is 1. The summed E-state index contributed by atoms with van der Waals surface area (Å²) in [5.41, 5.74) is 0.748. The molecule has 3 N–H and O–H groups in total. The molecule has 9 heteroatoms. The summed E-state index contributed by atoms with van der Waals surface area (Å²) in [5, 5.41) is 8.53. The van der Waals surface area contributed by atoms with Crippen LogP contribution in [-0.4, -0.2) is 54.8 Å². The minimum atomic E-state index is -0.517. The lowest BCUT2D eigenvalue weighted by Gasteiger charge is -2.35. The quantitative estimate of drug-likeness (QED) is 0.105. The van der Waals surface area contributed by atoms with E-state index in [4.69, 9.17) is 9.47 Å². The van der Waals surface area contributed by atoms with E-state index in [0.29, 0.717) is 19.5 Å². The Morgan fingerprint density at radius 1 is 0.810 bits per heavy atom. The van der Waals surface area contributed by atoms with Crippen molar-refractivity contribution in [3.8, 4) is 0 Å². The highest BCUT2D eigenvalue weighted by molar-refractivity contribution is 5.85. The molecule has 238 valence electrons. The van der Waals surface area contributed by atoms with E-state index < -0.39 is 12.2 Å². The maximum absolute atomic E-state index is 12.3. The minimum Gasteiger partial charge on any atom is -0.449 e. The second kappa shape index (κ2) is 23.8. The molecule has 1 aliphatic rings. The number of nitrogens with one attached hydrogen (secondary N) is 3. The van der Waals surface area contributed by atoms with Crippen molar-refractivity contribution < 1.29 is 23.9 Å². The van der Waals surface area contributed by atoms with Crippen LogP contribution in [0.4, 0.5) is 9.59 Å². The van der Waals surface area contributed by atoms with Gasteiger partial charge in [-0.3, -0.25) is 9.78 Å². The number of alkyl carbamates (subject to hydrolysis) is 2. The number of carbonyl (C=O) groups excluding carboxylic acids is 3. The van der Waals surface area contributed by atoms with Gasteiger partial charge in [0.1, 0.15) is 13.2 Å². The third-order valence-corrected chi connectivity index (χ3v) is 7.78. The van der Waals surface area contributed by atoms with E-state index in [2.05, 4.69) is 27.9 Å². The Labute approximate surface area is 253 Å². The van der Waals surface area contributed by atoms with Gasteiger partial charge >= 0.3 is 12.2 Å². The van der Waals surface area contributed by atoms with Crippen molar-refractivity contribution in [3.05, 3.63) is 30.1 Å². The number of hydrogen-bond acceptors (Lipinski definition) is 7. The molecule has 1 aromatic rings. The summed E-state index contributed by atoms with van der Waals surface area (Å²) < 4.78 is 10.3. The van der Waals surface area contributed by atoms with Crippen LogP contribution in [0.1, 0.15) is 128 Å². The van der Waals surface area contributed by atoms with Gasteiger partial charge in [0, 0.05) is 25.2 Å². The van der Waals surface area contributed by atoms with Crippen molar-refractivity contribution >= 4 is 18.0 Å². The van der Waals surface area contributed by atoms with Gasteiger partial charge in [0.2, 0.25) is 0 Å². The number of amides is 2. The molecular formula is C33H56N4O5. The second-order valence-corrected chi connectivity index (χ2v) is 11.5. The molecule has 0 aliphatic carbocycles. The highest BCUT2D eigenvalue weighted by Crippen LogP contribution is 2.15. The van der Waals surface area contributed by atoms with Crippen LogP contribution in [0.15, 0.2) is 24.4 Å². The van der Waals surface area contributed by atoms with Gasteiger partial charge < -0.3 is 25.4 Å². The fraction of sp³-hybridized carbons (Fsp3) is 0.758. The number of aromatic nitrogens is 1. The molecule has 2 amide bonds. The van der Waals surface area contributed by atoms with E-state index in [9.17, 15) is 14.4 Å². The zero-order valence-electron chi connectivity index (χ0n) is 26.0. The number of ether oxygens (including phenoxy) is 2. The first kappa shape index (κ1) is 35.5. The van der Waals surface area contributed by atoms with Crippen molar-refractivity contribution in [2.45, 2.75) is 141 Å². The number of rotatable bonds is 25. The van der Waals surface area contributed by atoms with Crippen LogP contribution >= 0.6 is 0 Å². The predicted molar refractivity (Wildman–Crippen MR) is 166 cm³/mol. The fourth-order valence-electron chi connectivity index (χ4n) is 5.11. The molecule has 1 fully saturated rings. The molecule has 42 heavy (non-hydrogen) atoms. The van der Waals surface area contributed by atoms with Crippen LogP contribution in [-0.2, 0) is 20.8 Å². The molecule has 2 atom stereocenters. The first-order chi connectivity index (χ1) is 20.6. The fourth-order valence-corrected chi connectivity index (χ4v) is 5.11. The molecule has 0 saturated carbocycles. The summed E-state index contributed by atoms with van der Waals surface area (Å²) in [4.78, 5) is 40.1. The van der Waals surface area contributed by atoms with Gasteiger partial charge in [-0.25, -0.2) is 9.59 Å². The molecule has 0 radical (unpaired) electrons. The average molecular weight is 589 g/mol. The van der Waals surface area contributed by atoms with Crippen molar-refractivity contribution in [2.75, 3.05) is 19.8 Å². The van der Waals surface area contributed by atoms with Gasteiger partial charge in [-0.15, -0.1) is 0 Å². The summed E-state index contributed by atoms with van der Waals surface area (Å²) in [6.07, 6.45) is 22.6. The maximum Gasteiger partial charge on any atom is 0.407 e. The number of unbranched alkanes of at least 4 members (excludes halogenated alkanes) is 15. The monoisotopic (exact) mass is 588 g/mol. The molecule has 2 heterocycles. The standard InChI is InChI=1S/C33H56N4O5/c1-2-3-4-5-6-7-8-9-10-11-12-13-14-15-16-18-23-35-32(39)41-24-21-31(38)30-25-29(37-30)27-42-33(40)36-26-28-20-17-19-22-34-28/h17,19-20,22,29-30,37H,2-16,18,21,23-27H2,1H3,(H,35,39)(H,36,40). The van der Waals surface area contributed by atoms with Gasteiger partial charge in [-0.1, -0.05) is 109 Å². The van der Waals surface area contributed by atoms with E-state index in [1.807, 2.05) is 18.2 Å². The van der Waals surface area contributed by atoms with Crippen LogP contribution < -0.4 is 16.0 Å². The molecule has 0 bridgehead atoms. The molecule has 0 aromatic carbocycles. The topological polar surface area (TPSA) is 119 Å². The van der Waals surface area contributed by atoms with Crippen molar-refractivity contribution in [1.29, 1.82) is 0 Å². The van der Waals surface area contributed by atoms with Crippen molar-refractivity contribution in [1.82, 2.24) is 20.9 Å². The lowest BCUT2D eigenvalue weighted by Crippen LogP contribution is -2.58. The van der Waals surface area contributed by atoms with Crippen LogP contribution in [0.3, 0.4) is 0 Å². The van der Waals surface area contributed by atoms with Crippen molar-refractivity contribution in [3.63, 3.8) is 0 Å². The Hall–Kier alpha value is -2.68. The summed E-state index contributed by atoms with van der Waals surface area (Å²) in [6.45, 7) is 3.43. The molecule has 2 rings (SSSR count). The normalized spacial score (nSPS) is 15.9. The van der Waals surface area contributed by atoms with Crippen LogP contribution in [0.25, 0.3) is 0 Å². The Kier molecular flexibility index (Phi) is 20.2. The van der Waals surface area contributed by atoms with E-state index in [1.54, 1.807) is 6.20 Å². The van der Waals surface area contributed by atoms with E-state index in [0.717, 1.165) is 18.5 Å². The Morgan fingerprint density at radius 3 is 1.95 bits per heavy atom. The first-order valence-corrected chi connectivity index (χ1v) is 16.6. The van der Waals surface area contributed by atoms with Gasteiger partial charge in [0.05, 0.1) is 18.3 Å². The second-order valence-electron chi connectivity index (χ2n) is 11.5. The molecule has 0 spiro atoms. The van der Waals surface area contributed by atoms with Gasteiger partial charge in [-0.05, 0) is 25.0 Å². The van der Waals surface area contributed by atoms with Crippen LogP contribution in [0.5, 0.6) is 0 Å². The third-order valence-electron chi connectivity index (χ3n) is 7.78. The zero-order chi connectivity index (χ0) is 30.1. The Morgan fingerprint density at radius 2 is 1.38 bits per heavy atom. The summed E-state index contributed by atoms with van der Waals surface area (Å²) >= 11 is 0. The van der Waals surface area contributed by atoms with E-state index in [-0.39, 0.29) is 37.5 Å². The lowest BCUT2D eigenvalue weighted by atomic mass is 9.93. The number of hydrogen-bond donors (Lipinski definition) is 3. The van der Waals surface area contributed by atoms with Crippen LogP contribution in [0, 0.1) is 0 Å². The third kappa shape index (κ3) is 18.0. The Bertz CT molecular complexity index is 848. The SMILES string of the molecule is CCCCCCCCCCCCCCCCCCNC(=O)OCCC(=O)C1CC(COC(=O)NCc2ccccn2)N1. The zero-order valence-corrected chi connectivity index (χ0v) is 26.0. The van der Waals surface area contributed by atoms with Gasteiger partial charge in [0.25, 0.3) is 0 Å². The highest BCUT2D eigenvalue weighted by atomic mass is 16.6. The number of nitrogens with zero attached hydrogens (tertiary/aromatic N) is 1. The maximum atomic E-state index is 12.3. The average Bonchev–Trinajstić information content (AvgIpc) is 2.97. The van der Waals surface area contributed by atoms with E-state index >= 15 is 0 Å². The molecule has 1 saturated heterocycles. The smallest absolute Gasteiger partial charge is 0.407 e. The first-order valence-electron chi connectivity index (χ1n) is 16.6. The summed E-state index contributed by atoms with van der Waals surface area (Å²) in [5.74, 6) is -0.00328. The largest absolute Gasteiger partial charge is 0.449 e. The van der Waals surface area contributed by atoms with Crippen LogP contribution in [0.2, 0.25) is 0 Å². The number of carbonyl (C=O) groups is 3. The molecule has 2 unspecified atom stereocenters. The van der Waals surface area contributed by atoms with E-state index in [1.165, 1.54) is 89.9 Å². The number of ketones is 1. The molecule has 1 aromatic heterocycles. The lowest BCUT2D eigenvalue weighted by molar-refractivity contribution is -0.124. The van der Waals surface area contributed by atoms with Gasteiger partial charge in [0.15, 0.2) is 5.78 Å². The summed E-state index contributed by atoms with van der Waals surface area (Å²) in [7, 11) is 0. The number of Topliss-reactive ketones (excluding diaryl/α,β-unsaturated/α-hetero) is 1. The predicted octanol–water partition coefficient (Wildman–Crippen LogP) is 6.99. The molecule has 1 aliphatic heterocycles. The Balaban J connectivity index is 1.30. The summed E-state index contributed by atoms with van der Waals surface area (Å²) in [6, 6.07) is 5.14. The minimum absolute atomic E-state index is 0.00328. The molecular weight excluding hydrogens is 532 g/mol.